The standard InChI is InChI=1S/C16H17NOS/c18-16(17-11-13-7-4-10-19-13)15-9-3-6-12-5-1-2-8-14(12)15/h1-2,4-5,7-8,10,15H,3,6,9,11H2,(H,17,18). The Morgan fingerprint density at radius 3 is 3.00 bits per heavy atom. The van der Waals surface area contributed by atoms with Gasteiger partial charge >= 0.3 is 0 Å². The van der Waals surface area contributed by atoms with E-state index in [4.69, 9.17) is 0 Å². The highest BCUT2D eigenvalue weighted by Gasteiger charge is 2.25. The molecule has 2 nitrogen and oxygen atoms in total. The molecule has 1 N–H and O–H groups in total. The summed E-state index contributed by atoms with van der Waals surface area (Å²) in [5, 5.41) is 5.11. The third kappa shape index (κ3) is 2.71. The highest BCUT2D eigenvalue weighted by molar-refractivity contribution is 7.09. The van der Waals surface area contributed by atoms with Crippen molar-refractivity contribution in [2.24, 2.45) is 0 Å². The van der Waals surface area contributed by atoms with E-state index in [1.54, 1.807) is 11.3 Å². The molecular formula is C16H17NOS. The Hall–Kier alpha value is -1.61. The number of amides is 1. The molecule has 19 heavy (non-hydrogen) atoms. The Labute approximate surface area is 117 Å². The first kappa shape index (κ1) is 12.4. The Morgan fingerprint density at radius 2 is 2.16 bits per heavy atom. The predicted octanol–water partition coefficient (Wildman–Crippen LogP) is 3.48. The quantitative estimate of drug-likeness (QED) is 0.909. The molecule has 0 saturated carbocycles. The fourth-order valence-corrected chi connectivity index (χ4v) is 3.38. The number of hydrogen-bond acceptors (Lipinski definition) is 2. The van der Waals surface area contributed by atoms with Gasteiger partial charge in [-0.1, -0.05) is 30.3 Å². The summed E-state index contributed by atoms with van der Waals surface area (Å²) in [6.45, 7) is 0.648. The second-order valence-electron chi connectivity index (χ2n) is 4.94. The van der Waals surface area contributed by atoms with Gasteiger partial charge in [-0.3, -0.25) is 4.79 Å². The van der Waals surface area contributed by atoms with E-state index >= 15 is 0 Å². The zero-order valence-electron chi connectivity index (χ0n) is 10.8. The first-order valence-electron chi connectivity index (χ1n) is 6.72. The van der Waals surface area contributed by atoms with Crippen LogP contribution in [0.3, 0.4) is 0 Å². The van der Waals surface area contributed by atoms with E-state index in [0.717, 1.165) is 19.3 Å². The normalized spacial score (nSPS) is 17.8. The molecule has 3 heteroatoms. The molecule has 1 unspecified atom stereocenters. The predicted molar refractivity (Wildman–Crippen MR) is 78.3 cm³/mol. The first-order valence-corrected chi connectivity index (χ1v) is 7.60. The Bertz CT molecular complexity index is 562. The van der Waals surface area contributed by atoms with E-state index in [-0.39, 0.29) is 11.8 Å². The largest absolute Gasteiger partial charge is 0.351 e. The summed E-state index contributed by atoms with van der Waals surface area (Å²) in [6, 6.07) is 12.4. The van der Waals surface area contributed by atoms with Crippen LogP contribution in [-0.4, -0.2) is 5.91 Å². The number of carbonyl (C=O) groups is 1. The first-order chi connectivity index (χ1) is 9.34. The van der Waals surface area contributed by atoms with Gasteiger partial charge < -0.3 is 5.32 Å². The molecule has 0 radical (unpaired) electrons. The van der Waals surface area contributed by atoms with Crippen molar-refractivity contribution in [3.63, 3.8) is 0 Å². The second kappa shape index (κ2) is 5.57. The number of thiophene rings is 1. The van der Waals surface area contributed by atoms with Crippen LogP contribution in [0.5, 0.6) is 0 Å². The lowest BCUT2D eigenvalue weighted by molar-refractivity contribution is -0.123. The van der Waals surface area contributed by atoms with Crippen molar-refractivity contribution in [3.05, 3.63) is 57.8 Å². The number of carbonyl (C=O) groups excluding carboxylic acids is 1. The lowest BCUT2D eigenvalue weighted by Crippen LogP contribution is -2.30. The average molecular weight is 271 g/mol. The average Bonchev–Trinajstić information content (AvgIpc) is 2.97. The Kier molecular flexibility index (Phi) is 3.65. The summed E-state index contributed by atoms with van der Waals surface area (Å²) in [6.07, 6.45) is 3.17. The van der Waals surface area contributed by atoms with E-state index in [1.807, 2.05) is 17.5 Å². The number of aryl methyl sites for hydroxylation is 1. The maximum absolute atomic E-state index is 12.3. The zero-order valence-corrected chi connectivity index (χ0v) is 11.6. The van der Waals surface area contributed by atoms with Crippen LogP contribution in [0.1, 0.15) is 34.8 Å². The van der Waals surface area contributed by atoms with E-state index in [9.17, 15) is 4.79 Å². The molecule has 1 heterocycles. The smallest absolute Gasteiger partial charge is 0.227 e. The summed E-state index contributed by atoms with van der Waals surface area (Å²) >= 11 is 1.68. The van der Waals surface area contributed by atoms with Gasteiger partial charge in [0.2, 0.25) is 5.91 Å². The summed E-state index contributed by atoms with van der Waals surface area (Å²) in [5.41, 5.74) is 2.56. The SMILES string of the molecule is O=C(NCc1cccs1)C1CCCc2ccccc21. The van der Waals surface area contributed by atoms with Crippen molar-refractivity contribution in [3.8, 4) is 0 Å². The molecule has 0 aliphatic heterocycles. The molecule has 1 amide bonds. The van der Waals surface area contributed by atoms with E-state index < -0.39 is 0 Å². The lowest BCUT2D eigenvalue weighted by atomic mass is 9.82. The summed E-state index contributed by atoms with van der Waals surface area (Å²) in [5.74, 6) is 0.200. The van der Waals surface area contributed by atoms with Gasteiger partial charge in [-0.25, -0.2) is 0 Å². The van der Waals surface area contributed by atoms with Crippen molar-refractivity contribution >= 4 is 17.2 Å². The van der Waals surface area contributed by atoms with Gasteiger partial charge in [-0.2, -0.15) is 0 Å². The van der Waals surface area contributed by atoms with Crippen molar-refractivity contribution in [2.45, 2.75) is 31.7 Å². The van der Waals surface area contributed by atoms with Gasteiger partial charge in [0.05, 0.1) is 12.5 Å². The third-order valence-corrected chi connectivity index (χ3v) is 4.58. The van der Waals surface area contributed by atoms with Gasteiger partial charge in [0.15, 0.2) is 0 Å². The summed E-state index contributed by atoms with van der Waals surface area (Å²) < 4.78 is 0. The number of rotatable bonds is 3. The van der Waals surface area contributed by atoms with Crippen molar-refractivity contribution in [2.75, 3.05) is 0 Å². The minimum atomic E-state index is 0.0323. The molecule has 1 atom stereocenters. The number of nitrogens with one attached hydrogen (secondary N) is 1. The van der Waals surface area contributed by atoms with Crippen LogP contribution in [-0.2, 0) is 17.8 Å². The Morgan fingerprint density at radius 1 is 1.26 bits per heavy atom. The zero-order chi connectivity index (χ0) is 13.1. The fraction of sp³-hybridized carbons (Fsp3) is 0.312. The van der Waals surface area contributed by atoms with Gasteiger partial charge in [0, 0.05) is 4.88 Å². The van der Waals surface area contributed by atoms with Crippen molar-refractivity contribution in [1.29, 1.82) is 0 Å². The molecule has 1 aromatic carbocycles. The molecule has 0 saturated heterocycles. The van der Waals surface area contributed by atoms with Crippen LogP contribution < -0.4 is 5.32 Å². The van der Waals surface area contributed by atoms with Crippen LogP contribution in [0, 0.1) is 0 Å². The third-order valence-electron chi connectivity index (χ3n) is 3.70. The molecule has 0 spiro atoms. The van der Waals surface area contributed by atoms with E-state index in [0.29, 0.717) is 6.54 Å². The van der Waals surface area contributed by atoms with Crippen LogP contribution in [0.2, 0.25) is 0 Å². The maximum atomic E-state index is 12.3. The minimum absolute atomic E-state index is 0.0323. The number of benzene rings is 1. The van der Waals surface area contributed by atoms with Crippen LogP contribution in [0.25, 0.3) is 0 Å². The highest BCUT2D eigenvalue weighted by atomic mass is 32.1. The molecule has 3 rings (SSSR count). The number of fused-ring (bicyclic) bond motifs is 1. The second-order valence-corrected chi connectivity index (χ2v) is 5.97. The minimum Gasteiger partial charge on any atom is -0.351 e. The lowest BCUT2D eigenvalue weighted by Gasteiger charge is -2.24. The van der Waals surface area contributed by atoms with Crippen molar-refractivity contribution in [1.82, 2.24) is 5.32 Å². The van der Waals surface area contributed by atoms with Gasteiger partial charge in [0.1, 0.15) is 0 Å². The molecule has 1 aliphatic rings. The number of hydrogen-bond donors (Lipinski definition) is 1. The monoisotopic (exact) mass is 271 g/mol. The van der Waals surface area contributed by atoms with Gasteiger partial charge in [-0.15, -0.1) is 11.3 Å². The maximum Gasteiger partial charge on any atom is 0.227 e. The van der Waals surface area contributed by atoms with Crippen LogP contribution in [0.4, 0.5) is 0 Å². The van der Waals surface area contributed by atoms with Crippen LogP contribution in [0.15, 0.2) is 41.8 Å². The summed E-state index contributed by atoms with van der Waals surface area (Å²) in [7, 11) is 0. The van der Waals surface area contributed by atoms with E-state index in [2.05, 4.69) is 29.6 Å². The molecule has 2 aromatic rings. The van der Waals surface area contributed by atoms with Crippen LogP contribution >= 0.6 is 11.3 Å². The summed E-state index contributed by atoms with van der Waals surface area (Å²) in [4.78, 5) is 13.6. The van der Waals surface area contributed by atoms with Gasteiger partial charge in [-0.05, 0) is 41.8 Å². The fourth-order valence-electron chi connectivity index (χ4n) is 2.74. The molecule has 0 bridgehead atoms. The molecule has 1 aliphatic carbocycles. The topological polar surface area (TPSA) is 29.1 Å². The molecule has 0 fully saturated rings. The van der Waals surface area contributed by atoms with Gasteiger partial charge in [0.25, 0.3) is 0 Å². The highest BCUT2D eigenvalue weighted by Crippen LogP contribution is 2.31. The molecular weight excluding hydrogens is 254 g/mol. The Balaban J connectivity index is 1.71. The van der Waals surface area contributed by atoms with Crippen molar-refractivity contribution < 1.29 is 4.79 Å². The van der Waals surface area contributed by atoms with E-state index in [1.165, 1.54) is 16.0 Å². The molecule has 98 valence electrons. The molecule has 1 aromatic heterocycles.